The van der Waals surface area contributed by atoms with Gasteiger partial charge in [-0.05, 0) is 43.5 Å². The second kappa shape index (κ2) is 9.60. The number of nitriles is 1. The number of aliphatic hydroxyl groups is 1. The monoisotopic (exact) mass is 435 g/mol. The Hall–Kier alpha value is -3.08. The maximum absolute atomic E-state index is 11.4. The molecule has 0 spiro atoms. The Kier molecular flexibility index (Phi) is 6.63. The largest absolute Gasteiger partial charge is 0.496 e. The Bertz CT molecular complexity index is 1100. The van der Waals surface area contributed by atoms with Crippen molar-refractivity contribution in [1.82, 2.24) is 9.78 Å². The normalized spacial score (nSPS) is 16.1. The quantitative estimate of drug-likeness (QED) is 0.568. The van der Waals surface area contributed by atoms with E-state index in [1.54, 1.807) is 25.0 Å². The molecule has 0 amide bonds. The minimum absolute atomic E-state index is 0.114. The third-order valence-corrected chi connectivity index (χ3v) is 6.21. The summed E-state index contributed by atoms with van der Waals surface area (Å²) in [6.07, 6.45) is 4.84. The summed E-state index contributed by atoms with van der Waals surface area (Å²) < 4.78 is 19.2. The summed E-state index contributed by atoms with van der Waals surface area (Å²) in [6.45, 7) is 2.28. The van der Waals surface area contributed by atoms with Crippen molar-refractivity contribution in [3.05, 3.63) is 53.2 Å². The first-order valence-corrected chi connectivity index (χ1v) is 11.0. The predicted molar refractivity (Wildman–Crippen MR) is 121 cm³/mol. The molecule has 0 bridgehead atoms. The summed E-state index contributed by atoms with van der Waals surface area (Å²) in [5.74, 6) is 1.31. The van der Waals surface area contributed by atoms with Crippen LogP contribution in [0.2, 0.25) is 0 Å². The van der Waals surface area contributed by atoms with E-state index in [1.807, 2.05) is 37.4 Å². The first kappa shape index (κ1) is 22.1. The standard InChI is InChI=1S/C25H29N3O4/c1-16-21(30-2)11-19(12-22(16)31-3)25(29)23(32-20-9-4-5-10-20)15-28-14-18-8-6-7-17(13-26)24(18)27-28/h6-8,11-12,14,20,23,25,29H,4-5,9-10,15H2,1-3H3/t23-,25+/m0/s1. The molecule has 7 heteroatoms. The maximum Gasteiger partial charge on any atom is 0.125 e. The molecule has 4 rings (SSSR count). The smallest absolute Gasteiger partial charge is 0.125 e. The van der Waals surface area contributed by atoms with Gasteiger partial charge in [0.05, 0.1) is 32.4 Å². The molecule has 1 aliphatic carbocycles. The van der Waals surface area contributed by atoms with Crippen LogP contribution in [0.4, 0.5) is 0 Å². The van der Waals surface area contributed by atoms with E-state index in [2.05, 4.69) is 11.2 Å². The number of methoxy groups -OCH3 is 2. The van der Waals surface area contributed by atoms with Gasteiger partial charge in [-0.15, -0.1) is 0 Å². The van der Waals surface area contributed by atoms with Gasteiger partial charge in [-0.2, -0.15) is 10.4 Å². The number of hydrogen-bond donors (Lipinski definition) is 1. The average Bonchev–Trinajstić information content (AvgIpc) is 3.47. The molecule has 1 N–H and O–H groups in total. The van der Waals surface area contributed by atoms with Gasteiger partial charge in [0.2, 0.25) is 0 Å². The fraction of sp³-hybridized carbons (Fsp3) is 0.440. The van der Waals surface area contributed by atoms with Gasteiger partial charge in [0, 0.05) is 17.1 Å². The van der Waals surface area contributed by atoms with Crippen molar-refractivity contribution < 1.29 is 19.3 Å². The van der Waals surface area contributed by atoms with E-state index in [-0.39, 0.29) is 6.10 Å². The fourth-order valence-corrected chi connectivity index (χ4v) is 4.44. The molecule has 1 aromatic heterocycles. The second-order valence-electron chi connectivity index (χ2n) is 8.28. The molecule has 1 saturated carbocycles. The van der Waals surface area contributed by atoms with Crippen LogP contribution in [-0.2, 0) is 11.3 Å². The second-order valence-corrected chi connectivity index (χ2v) is 8.28. The van der Waals surface area contributed by atoms with E-state index in [0.29, 0.717) is 34.7 Å². The van der Waals surface area contributed by atoms with E-state index >= 15 is 0 Å². The van der Waals surface area contributed by atoms with Crippen LogP contribution in [0.15, 0.2) is 36.5 Å². The van der Waals surface area contributed by atoms with E-state index in [1.165, 1.54) is 0 Å². The van der Waals surface area contributed by atoms with Gasteiger partial charge in [0.1, 0.15) is 35.3 Å². The molecule has 0 radical (unpaired) electrons. The topological polar surface area (TPSA) is 89.5 Å². The van der Waals surface area contributed by atoms with Crippen molar-refractivity contribution in [3.63, 3.8) is 0 Å². The third-order valence-electron chi connectivity index (χ3n) is 6.21. The van der Waals surface area contributed by atoms with Crippen molar-refractivity contribution in [2.45, 2.75) is 57.5 Å². The third kappa shape index (κ3) is 4.43. The van der Waals surface area contributed by atoms with E-state index in [4.69, 9.17) is 14.2 Å². The highest BCUT2D eigenvalue weighted by Crippen LogP contribution is 2.35. The molecule has 0 aliphatic heterocycles. The zero-order valence-electron chi connectivity index (χ0n) is 18.7. The maximum atomic E-state index is 11.4. The van der Waals surface area contributed by atoms with Crippen LogP contribution in [0.5, 0.6) is 11.5 Å². The Morgan fingerprint density at radius 1 is 1.19 bits per heavy atom. The van der Waals surface area contributed by atoms with Crippen LogP contribution >= 0.6 is 0 Å². The average molecular weight is 436 g/mol. The summed E-state index contributed by atoms with van der Waals surface area (Å²) in [7, 11) is 3.21. The van der Waals surface area contributed by atoms with Crippen LogP contribution in [0.25, 0.3) is 10.9 Å². The molecule has 0 unspecified atom stereocenters. The Labute approximate surface area is 188 Å². The molecule has 168 valence electrons. The molecule has 1 heterocycles. The van der Waals surface area contributed by atoms with Gasteiger partial charge >= 0.3 is 0 Å². The number of fused-ring (bicyclic) bond motifs is 1. The van der Waals surface area contributed by atoms with Crippen molar-refractivity contribution in [3.8, 4) is 17.6 Å². The SMILES string of the molecule is COc1cc([C@@H](O)[C@H](Cn2cc3cccc(C#N)c3n2)OC2CCCC2)cc(OC)c1C. The van der Waals surface area contributed by atoms with E-state index < -0.39 is 12.2 Å². The number of aromatic nitrogens is 2. The number of aliphatic hydroxyl groups excluding tert-OH is 1. The first-order valence-electron chi connectivity index (χ1n) is 11.0. The predicted octanol–water partition coefficient (Wildman–Crippen LogP) is 4.30. The van der Waals surface area contributed by atoms with Crippen molar-refractivity contribution in [2.75, 3.05) is 14.2 Å². The lowest BCUT2D eigenvalue weighted by atomic mass is 10.0. The zero-order valence-corrected chi connectivity index (χ0v) is 18.7. The van der Waals surface area contributed by atoms with Gasteiger partial charge in [-0.3, -0.25) is 4.68 Å². The lowest BCUT2D eigenvalue weighted by molar-refractivity contribution is -0.0845. The van der Waals surface area contributed by atoms with Crippen LogP contribution in [-0.4, -0.2) is 41.3 Å². The highest BCUT2D eigenvalue weighted by molar-refractivity contribution is 5.83. The number of ether oxygens (including phenoxy) is 3. The highest BCUT2D eigenvalue weighted by Gasteiger charge is 2.29. The van der Waals surface area contributed by atoms with Crippen LogP contribution in [0, 0.1) is 18.3 Å². The molecule has 2 aromatic carbocycles. The number of nitrogens with zero attached hydrogens (tertiary/aromatic N) is 3. The lowest BCUT2D eigenvalue weighted by Gasteiger charge is -2.27. The molecular formula is C25H29N3O4. The molecule has 2 atom stereocenters. The molecule has 1 aliphatic rings. The Morgan fingerprint density at radius 3 is 2.50 bits per heavy atom. The summed E-state index contributed by atoms with van der Waals surface area (Å²) in [5.41, 5.74) is 2.73. The first-order chi connectivity index (χ1) is 15.5. The molecule has 3 aromatic rings. The Morgan fingerprint density at radius 2 is 1.88 bits per heavy atom. The highest BCUT2D eigenvalue weighted by atomic mass is 16.5. The summed E-state index contributed by atoms with van der Waals surface area (Å²) in [5, 5.41) is 26.3. The van der Waals surface area contributed by atoms with Gasteiger partial charge in [0.15, 0.2) is 0 Å². The number of rotatable bonds is 8. The van der Waals surface area contributed by atoms with E-state index in [0.717, 1.165) is 36.6 Å². The van der Waals surface area contributed by atoms with Crippen molar-refractivity contribution in [1.29, 1.82) is 5.26 Å². The van der Waals surface area contributed by atoms with Crippen LogP contribution < -0.4 is 9.47 Å². The Balaban J connectivity index is 1.67. The van der Waals surface area contributed by atoms with Crippen LogP contribution in [0.1, 0.15) is 48.5 Å². The lowest BCUT2D eigenvalue weighted by Crippen LogP contribution is -2.31. The number of benzene rings is 2. The zero-order chi connectivity index (χ0) is 22.7. The number of hydrogen-bond acceptors (Lipinski definition) is 6. The van der Waals surface area contributed by atoms with Crippen LogP contribution in [0.3, 0.4) is 0 Å². The summed E-state index contributed by atoms with van der Waals surface area (Å²) >= 11 is 0. The van der Waals surface area contributed by atoms with Gasteiger partial charge in [-0.1, -0.05) is 25.0 Å². The van der Waals surface area contributed by atoms with Crippen molar-refractivity contribution in [2.24, 2.45) is 0 Å². The van der Waals surface area contributed by atoms with Crippen molar-refractivity contribution >= 4 is 10.9 Å². The van der Waals surface area contributed by atoms with E-state index in [9.17, 15) is 10.4 Å². The molecular weight excluding hydrogens is 406 g/mol. The molecule has 1 fully saturated rings. The van der Waals surface area contributed by atoms with Gasteiger partial charge < -0.3 is 19.3 Å². The fourth-order valence-electron chi connectivity index (χ4n) is 4.44. The molecule has 0 saturated heterocycles. The minimum atomic E-state index is -0.901. The minimum Gasteiger partial charge on any atom is -0.496 e. The summed E-state index contributed by atoms with van der Waals surface area (Å²) in [6, 6.07) is 11.4. The summed E-state index contributed by atoms with van der Waals surface area (Å²) in [4.78, 5) is 0. The molecule has 7 nitrogen and oxygen atoms in total. The van der Waals surface area contributed by atoms with Gasteiger partial charge in [-0.25, -0.2) is 0 Å². The van der Waals surface area contributed by atoms with Gasteiger partial charge in [0.25, 0.3) is 0 Å². The molecule has 32 heavy (non-hydrogen) atoms.